The second-order valence-electron chi connectivity index (χ2n) is 14.6. The SMILES string of the molecule is CCCCC/C=C\CCCOC(=O)OCCCCCN(CCO)CCCCCCOC(=O)CCC(OCCCCCCCC)OCCCCCCCC. The highest BCUT2D eigenvalue weighted by atomic mass is 16.7. The second kappa shape index (κ2) is 43.1. The van der Waals surface area contributed by atoms with E-state index in [1.54, 1.807) is 0 Å². The first-order chi connectivity index (χ1) is 26.1. The van der Waals surface area contributed by atoms with Crippen LogP contribution in [0.1, 0.15) is 194 Å². The molecule has 0 atom stereocenters. The van der Waals surface area contributed by atoms with Gasteiger partial charge in [-0.15, -0.1) is 0 Å². The summed E-state index contributed by atoms with van der Waals surface area (Å²) in [5, 5.41) is 9.50. The number of esters is 1. The third kappa shape index (κ3) is 39.8. The fourth-order valence-electron chi connectivity index (χ4n) is 6.09. The van der Waals surface area contributed by atoms with Gasteiger partial charge in [0, 0.05) is 26.2 Å². The number of rotatable bonds is 42. The summed E-state index contributed by atoms with van der Waals surface area (Å²) in [6.45, 7) is 11.9. The Balaban J connectivity index is 3.99. The Morgan fingerprint density at radius 2 is 0.943 bits per heavy atom. The first kappa shape index (κ1) is 51.3. The van der Waals surface area contributed by atoms with E-state index in [1.165, 1.54) is 83.5 Å². The normalized spacial score (nSPS) is 11.7. The third-order valence-electron chi connectivity index (χ3n) is 9.45. The van der Waals surface area contributed by atoms with Crippen molar-refractivity contribution in [2.75, 3.05) is 59.3 Å². The van der Waals surface area contributed by atoms with Crippen LogP contribution in [0.5, 0.6) is 0 Å². The molecule has 0 bridgehead atoms. The van der Waals surface area contributed by atoms with E-state index in [-0.39, 0.29) is 18.9 Å². The molecule has 0 saturated heterocycles. The van der Waals surface area contributed by atoms with E-state index in [0.717, 1.165) is 90.1 Å². The molecule has 0 rings (SSSR count). The molecule has 0 radical (unpaired) electrons. The minimum atomic E-state index is -0.574. The Kier molecular flexibility index (Phi) is 41.7. The highest BCUT2D eigenvalue weighted by Gasteiger charge is 2.14. The van der Waals surface area contributed by atoms with Crippen LogP contribution >= 0.6 is 0 Å². The zero-order valence-corrected chi connectivity index (χ0v) is 34.9. The van der Waals surface area contributed by atoms with Gasteiger partial charge in [0.1, 0.15) is 0 Å². The van der Waals surface area contributed by atoms with Crippen LogP contribution in [0, 0.1) is 0 Å². The molecule has 0 fully saturated rings. The molecule has 0 unspecified atom stereocenters. The van der Waals surface area contributed by atoms with Crippen LogP contribution in [0.2, 0.25) is 0 Å². The number of nitrogens with zero attached hydrogens (tertiary/aromatic N) is 1. The van der Waals surface area contributed by atoms with Crippen molar-refractivity contribution in [1.82, 2.24) is 4.90 Å². The molecule has 0 aromatic heterocycles. The lowest BCUT2D eigenvalue weighted by Gasteiger charge is -2.21. The lowest BCUT2D eigenvalue weighted by Crippen LogP contribution is -2.29. The highest BCUT2D eigenvalue weighted by molar-refractivity contribution is 5.69. The van der Waals surface area contributed by atoms with Gasteiger partial charge in [0.25, 0.3) is 0 Å². The molecule has 314 valence electrons. The molecule has 0 heterocycles. The van der Waals surface area contributed by atoms with Gasteiger partial charge in [-0.25, -0.2) is 4.79 Å². The predicted octanol–water partition coefficient (Wildman–Crippen LogP) is 11.5. The Bertz CT molecular complexity index is 777. The van der Waals surface area contributed by atoms with Gasteiger partial charge in [0.2, 0.25) is 0 Å². The lowest BCUT2D eigenvalue weighted by atomic mass is 10.1. The number of ether oxygens (including phenoxy) is 5. The summed E-state index contributed by atoms with van der Waals surface area (Å²) in [7, 11) is 0. The van der Waals surface area contributed by atoms with Crippen LogP contribution in [-0.4, -0.2) is 87.7 Å². The van der Waals surface area contributed by atoms with Gasteiger partial charge < -0.3 is 33.7 Å². The average molecular weight is 756 g/mol. The molecule has 0 aliphatic heterocycles. The van der Waals surface area contributed by atoms with E-state index in [4.69, 9.17) is 23.7 Å². The maximum absolute atomic E-state index is 12.5. The summed E-state index contributed by atoms with van der Waals surface area (Å²) in [5.41, 5.74) is 0. The van der Waals surface area contributed by atoms with Crippen molar-refractivity contribution in [1.29, 1.82) is 0 Å². The van der Waals surface area contributed by atoms with E-state index >= 15 is 0 Å². The van der Waals surface area contributed by atoms with E-state index in [1.807, 2.05) is 0 Å². The summed E-state index contributed by atoms with van der Waals surface area (Å²) in [4.78, 5) is 26.5. The molecule has 0 spiro atoms. The van der Waals surface area contributed by atoms with Crippen molar-refractivity contribution in [3.8, 4) is 0 Å². The number of carbonyl (C=O) groups excluding carboxylic acids is 2. The third-order valence-corrected chi connectivity index (χ3v) is 9.45. The van der Waals surface area contributed by atoms with Gasteiger partial charge in [-0.05, 0) is 83.7 Å². The van der Waals surface area contributed by atoms with Crippen LogP contribution in [-0.2, 0) is 28.5 Å². The number of aliphatic hydroxyl groups excluding tert-OH is 1. The van der Waals surface area contributed by atoms with Crippen LogP contribution in [0.3, 0.4) is 0 Å². The highest BCUT2D eigenvalue weighted by Crippen LogP contribution is 2.13. The van der Waals surface area contributed by atoms with Gasteiger partial charge in [-0.3, -0.25) is 4.79 Å². The lowest BCUT2D eigenvalue weighted by molar-refractivity contribution is -0.159. The predicted molar refractivity (Wildman–Crippen MR) is 218 cm³/mol. The summed E-state index contributed by atoms with van der Waals surface area (Å²) < 4.78 is 28.0. The van der Waals surface area contributed by atoms with Crippen molar-refractivity contribution in [3.63, 3.8) is 0 Å². The fraction of sp³-hybridized carbons (Fsp3) is 0.909. The largest absolute Gasteiger partial charge is 0.508 e. The number of aliphatic hydroxyl groups is 1. The summed E-state index contributed by atoms with van der Waals surface area (Å²) in [5.74, 6) is -0.172. The maximum atomic E-state index is 12.5. The molecule has 53 heavy (non-hydrogen) atoms. The average Bonchev–Trinajstić information content (AvgIpc) is 3.16. The van der Waals surface area contributed by atoms with E-state index in [0.29, 0.717) is 52.4 Å². The van der Waals surface area contributed by atoms with Gasteiger partial charge in [-0.2, -0.15) is 0 Å². The van der Waals surface area contributed by atoms with Gasteiger partial charge in [-0.1, -0.05) is 123 Å². The van der Waals surface area contributed by atoms with Crippen LogP contribution < -0.4 is 0 Å². The Labute approximate surface area is 326 Å². The Morgan fingerprint density at radius 1 is 0.509 bits per heavy atom. The number of allylic oxidation sites excluding steroid dienone is 2. The van der Waals surface area contributed by atoms with E-state index in [2.05, 4.69) is 37.8 Å². The van der Waals surface area contributed by atoms with Crippen LogP contribution in [0.15, 0.2) is 12.2 Å². The van der Waals surface area contributed by atoms with E-state index < -0.39 is 6.16 Å². The number of hydrogen-bond donors (Lipinski definition) is 1. The monoisotopic (exact) mass is 756 g/mol. The maximum Gasteiger partial charge on any atom is 0.508 e. The molecule has 1 N–H and O–H groups in total. The van der Waals surface area contributed by atoms with Crippen molar-refractivity contribution >= 4 is 12.1 Å². The van der Waals surface area contributed by atoms with E-state index in [9.17, 15) is 14.7 Å². The van der Waals surface area contributed by atoms with Gasteiger partial charge >= 0.3 is 12.1 Å². The van der Waals surface area contributed by atoms with Crippen LogP contribution in [0.25, 0.3) is 0 Å². The minimum absolute atomic E-state index is 0.147. The molecule has 0 saturated carbocycles. The quantitative estimate of drug-likeness (QED) is 0.0282. The number of unbranched alkanes of at least 4 members (excludes halogenated alkanes) is 19. The molecule has 0 aliphatic carbocycles. The summed E-state index contributed by atoms with van der Waals surface area (Å²) in [6.07, 6.45) is 32.3. The number of carbonyl (C=O) groups is 2. The van der Waals surface area contributed by atoms with Crippen molar-refractivity contribution in [3.05, 3.63) is 12.2 Å². The topological polar surface area (TPSA) is 104 Å². The van der Waals surface area contributed by atoms with Gasteiger partial charge in [0.05, 0.1) is 32.8 Å². The first-order valence-electron chi connectivity index (χ1n) is 22.2. The van der Waals surface area contributed by atoms with Crippen molar-refractivity contribution < 1.29 is 38.4 Å². The van der Waals surface area contributed by atoms with Crippen molar-refractivity contribution in [2.24, 2.45) is 0 Å². The molecule has 0 aromatic rings. The summed E-state index contributed by atoms with van der Waals surface area (Å²) in [6, 6.07) is 0. The fourth-order valence-corrected chi connectivity index (χ4v) is 6.09. The van der Waals surface area contributed by atoms with Crippen molar-refractivity contribution in [2.45, 2.75) is 200 Å². The summed E-state index contributed by atoms with van der Waals surface area (Å²) >= 11 is 0. The number of hydrogen-bond acceptors (Lipinski definition) is 9. The minimum Gasteiger partial charge on any atom is -0.466 e. The first-order valence-corrected chi connectivity index (χ1v) is 22.2. The Hall–Kier alpha value is -1.68. The molecule has 9 heteroatoms. The molecular formula is C44H85NO8. The zero-order valence-electron chi connectivity index (χ0n) is 34.9. The molecule has 9 nitrogen and oxygen atoms in total. The molecule has 0 aromatic carbocycles. The molecule has 0 amide bonds. The second-order valence-corrected chi connectivity index (χ2v) is 14.6. The standard InChI is InChI=1S/C44H85NO8/c1-4-7-10-13-16-17-21-29-40-52-44(48)53-41-30-23-25-34-45(35-36-46)33-24-18-22-26-37-49-42(47)31-32-43(50-38-27-19-14-11-8-5-2)51-39-28-20-15-12-9-6-3/h16-17,43,46H,4-15,18-41H2,1-3H3/b17-16-. The molecular weight excluding hydrogens is 670 g/mol. The Morgan fingerprint density at radius 3 is 1.51 bits per heavy atom. The van der Waals surface area contributed by atoms with Gasteiger partial charge in [0.15, 0.2) is 6.29 Å². The zero-order chi connectivity index (χ0) is 38.7. The molecule has 0 aliphatic rings. The smallest absolute Gasteiger partial charge is 0.466 e. The van der Waals surface area contributed by atoms with Crippen LogP contribution in [0.4, 0.5) is 4.79 Å².